The quantitative estimate of drug-likeness (QED) is 0.341. The van der Waals surface area contributed by atoms with Crippen molar-refractivity contribution >= 4 is 21.8 Å². The van der Waals surface area contributed by atoms with Gasteiger partial charge in [-0.05, 0) is 37.6 Å². The highest BCUT2D eigenvalue weighted by molar-refractivity contribution is 6.12. The number of hydrogen-bond acceptors (Lipinski definition) is 4. The number of aromatic nitrogens is 3. The lowest BCUT2D eigenvalue weighted by Gasteiger charge is -2.14. The normalized spacial score (nSPS) is 11.2. The van der Waals surface area contributed by atoms with E-state index < -0.39 is 0 Å². The molecule has 2 aromatic heterocycles. The Morgan fingerprint density at radius 3 is 2.12 bits per heavy atom. The Hall–Kier alpha value is -3.86. The van der Waals surface area contributed by atoms with Crippen LogP contribution in [0.4, 0.5) is 0 Å². The van der Waals surface area contributed by atoms with Gasteiger partial charge in [-0.25, -0.2) is 9.67 Å². The molecule has 0 unspecified atom stereocenters. The molecular weight excluding hydrogens is 398 g/mol. The summed E-state index contributed by atoms with van der Waals surface area (Å²) in [4.78, 5) is 5.18. The number of rotatable bonds is 5. The molecule has 0 aliphatic rings. The number of methoxy groups -OCH3 is 2. The fourth-order valence-corrected chi connectivity index (χ4v) is 4.21. The van der Waals surface area contributed by atoms with Crippen LogP contribution in [0.5, 0.6) is 11.5 Å². The number of benzene rings is 3. The molecule has 5 nitrogen and oxygen atoms in total. The molecule has 160 valence electrons. The van der Waals surface area contributed by atoms with Crippen LogP contribution < -0.4 is 9.47 Å². The molecule has 5 aromatic rings. The Morgan fingerprint density at radius 1 is 0.844 bits per heavy atom. The van der Waals surface area contributed by atoms with E-state index in [4.69, 9.17) is 19.6 Å². The third kappa shape index (κ3) is 3.17. The number of fused-ring (bicyclic) bond motifs is 3. The highest BCUT2D eigenvalue weighted by Gasteiger charge is 2.21. The van der Waals surface area contributed by atoms with Gasteiger partial charge < -0.3 is 9.47 Å². The van der Waals surface area contributed by atoms with Gasteiger partial charge in [0.05, 0.1) is 36.7 Å². The summed E-state index contributed by atoms with van der Waals surface area (Å²) in [5.41, 5.74) is 5.98. The van der Waals surface area contributed by atoms with Crippen molar-refractivity contribution in [2.75, 3.05) is 14.2 Å². The van der Waals surface area contributed by atoms with E-state index in [0.717, 1.165) is 50.9 Å². The van der Waals surface area contributed by atoms with E-state index in [9.17, 15) is 0 Å². The zero-order chi connectivity index (χ0) is 22.2. The standard InChI is InChI=1S/C27H25N3O2/c1-5-22-25-20-15-23(31-3)24(32-4)16-21(20)26(18-13-11-17(2)12-14-18)28-27(25)30(29-22)19-9-7-6-8-10-19/h6-16H,5H2,1-4H3. The molecule has 3 aromatic carbocycles. The second-order valence-electron chi connectivity index (χ2n) is 7.83. The molecule has 0 saturated carbocycles. The first kappa shape index (κ1) is 20.1. The van der Waals surface area contributed by atoms with E-state index in [1.54, 1.807) is 14.2 Å². The molecule has 0 fully saturated rings. The average molecular weight is 424 g/mol. The highest BCUT2D eigenvalue weighted by Crippen LogP contribution is 2.41. The Balaban J connectivity index is 1.95. The molecule has 2 heterocycles. The van der Waals surface area contributed by atoms with Crippen molar-refractivity contribution in [3.63, 3.8) is 0 Å². The fourth-order valence-electron chi connectivity index (χ4n) is 4.21. The summed E-state index contributed by atoms with van der Waals surface area (Å²) in [6.45, 7) is 4.21. The number of pyridine rings is 1. The molecule has 0 atom stereocenters. The number of para-hydroxylation sites is 1. The van der Waals surface area contributed by atoms with Crippen LogP contribution in [0.15, 0.2) is 66.7 Å². The third-order valence-corrected chi connectivity index (χ3v) is 5.86. The monoisotopic (exact) mass is 423 g/mol. The SMILES string of the molecule is CCc1nn(-c2ccccc2)c2nc(-c3ccc(C)cc3)c3cc(OC)c(OC)cc3c12. The molecule has 0 N–H and O–H groups in total. The van der Waals surface area contributed by atoms with Crippen LogP contribution in [0.1, 0.15) is 18.2 Å². The van der Waals surface area contributed by atoms with E-state index in [2.05, 4.69) is 50.2 Å². The van der Waals surface area contributed by atoms with Gasteiger partial charge >= 0.3 is 0 Å². The first-order valence-electron chi connectivity index (χ1n) is 10.7. The Morgan fingerprint density at radius 2 is 1.50 bits per heavy atom. The molecule has 0 radical (unpaired) electrons. The van der Waals surface area contributed by atoms with Gasteiger partial charge in [0.2, 0.25) is 0 Å². The van der Waals surface area contributed by atoms with Crippen LogP contribution in [0.3, 0.4) is 0 Å². The molecule has 5 heteroatoms. The predicted octanol–water partition coefficient (Wildman–Crippen LogP) is 6.13. The predicted molar refractivity (Wildman–Crippen MR) is 129 cm³/mol. The maximum Gasteiger partial charge on any atom is 0.164 e. The van der Waals surface area contributed by atoms with E-state index in [1.807, 2.05) is 35.0 Å². The van der Waals surface area contributed by atoms with Crippen LogP contribution in [0.25, 0.3) is 38.8 Å². The van der Waals surface area contributed by atoms with Crippen LogP contribution in [0, 0.1) is 6.92 Å². The average Bonchev–Trinajstić information content (AvgIpc) is 3.22. The summed E-state index contributed by atoms with van der Waals surface area (Å²) >= 11 is 0. The highest BCUT2D eigenvalue weighted by atomic mass is 16.5. The van der Waals surface area contributed by atoms with Crippen molar-refractivity contribution < 1.29 is 9.47 Å². The molecule has 32 heavy (non-hydrogen) atoms. The number of ether oxygens (including phenoxy) is 2. The fraction of sp³-hybridized carbons (Fsp3) is 0.185. The van der Waals surface area contributed by atoms with Crippen LogP contribution in [-0.2, 0) is 6.42 Å². The van der Waals surface area contributed by atoms with E-state index in [0.29, 0.717) is 11.5 Å². The zero-order valence-corrected chi connectivity index (χ0v) is 18.7. The topological polar surface area (TPSA) is 49.2 Å². The summed E-state index contributed by atoms with van der Waals surface area (Å²) in [5.74, 6) is 1.37. The molecule has 5 rings (SSSR count). The summed E-state index contributed by atoms with van der Waals surface area (Å²) < 4.78 is 13.2. The van der Waals surface area contributed by atoms with Crippen molar-refractivity contribution in [3.05, 3.63) is 78.0 Å². The van der Waals surface area contributed by atoms with Gasteiger partial charge in [0, 0.05) is 16.3 Å². The van der Waals surface area contributed by atoms with Crippen molar-refractivity contribution in [2.24, 2.45) is 0 Å². The van der Waals surface area contributed by atoms with Gasteiger partial charge in [-0.3, -0.25) is 0 Å². The molecule has 0 aliphatic heterocycles. The van der Waals surface area contributed by atoms with Crippen molar-refractivity contribution in [1.29, 1.82) is 0 Å². The lowest BCUT2D eigenvalue weighted by molar-refractivity contribution is 0.356. The second-order valence-corrected chi connectivity index (χ2v) is 7.83. The lowest BCUT2D eigenvalue weighted by atomic mass is 9.99. The van der Waals surface area contributed by atoms with Gasteiger partial charge in [-0.15, -0.1) is 0 Å². The summed E-state index contributed by atoms with van der Waals surface area (Å²) in [6, 6.07) is 22.7. The van der Waals surface area contributed by atoms with Crippen LogP contribution >= 0.6 is 0 Å². The second kappa shape index (κ2) is 8.00. The first-order chi connectivity index (χ1) is 15.6. The van der Waals surface area contributed by atoms with Crippen molar-refractivity contribution in [3.8, 4) is 28.4 Å². The summed E-state index contributed by atoms with van der Waals surface area (Å²) in [7, 11) is 3.32. The Labute approximate surface area is 187 Å². The minimum Gasteiger partial charge on any atom is -0.493 e. The van der Waals surface area contributed by atoms with E-state index >= 15 is 0 Å². The maximum atomic E-state index is 5.65. The van der Waals surface area contributed by atoms with Gasteiger partial charge in [0.1, 0.15) is 0 Å². The molecular formula is C27H25N3O2. The van der Waals surface area contributed by atoms with Gasteiger partial charge in [0.15, 0.2) is 17.1 Å². The third-order valence-electron chi connectivity index (χ3n) is 5.86. The largest absolute Gasteiger partial charge is 0.493 e. The molecule has 0 saturated heterocycles. The Bertz CT molecular complexity index is 1420. The molecule has 0 bridgehead atoms. The maximum absolute atomic E-state index is 5.65. The van der Waals surface area contributed by atoms with Crippen LogP contribution in [-0.4, -0.2) is 29.0 Å². The first-order valence-corrected chi connectivity index (χ1v) is 10.7. The summed E-state index contributed by atoms with van der Waals surface area (Å²) in [5, 5.41) is 8.07. The molecule has 0 amide bonds. The number of hydrogen-bond donors (Lipinski definition) is 0. The number of aryl methyl sites for hydroxylation is 2. The lowest BCUT2D eigenvalue weighted by Crippen LogP contribution is -1.99. The van der Waals surface area contributed by atoms with E-state index in [1.165, 1.54) is 5.56 Å². The zero-order valence-electron chi connectivity index (χ0n) is 18.7. The molecule has 0 spiro atoms. The minimum atomic E-state index is 0.683. The smallest absolute Gasteiger partial charge is 0.164 e. The van der Waals surface area contributed by atoms with Gasteiger partial charge in [0.25, 0.3) is 0 Å². The molecule has 0 aliphatic carbocycles. The van der Waals surface area contributed by atoms with Gasteiger partial charge in [-0.2, -0.15) is 5.10 Å². The van der Waals surface area contributed by atoms with Crippen molar-refractivity contribution in [1.82, 2.24) is 14.8 Å². The Kier molecular flexibility index (Phi) is 5.02. The van der Waals surface area contributed by atoms with Gasteiger partial charge in [-0.1, -0.05) is 55.0 Å². The van der Waals surface area contributed by atoms with E-state index in [-0.39, 0.29) is 0 Å². The van der Waals surface area contributed by atoms with Crippen LogP contribution in [0.2, 0.25) is 0 Å². The van der Waals surface area contributed by atoms with Crippen molar-refractivity contribution in [2.45, 2.75) is 20.3 Å². The summed E-state index contributed by atoms with van der Waals surface area (Å²) in [6.07, 6.45) is 0.797. The minimum absolute atomic E-state index is 0.683. The number of nitrogens with zero attached hydrogens (tertiary/aromatic N) is 3.